The number of aromatic amines is 1. The number of amides is 1. The SMILES string of the molecule is NS(=O)(=O)c1ccc(C(=O)Nc2ccc3oc(=O)[nH]c3c2)o1. The maximum Gasteiger partial charge on any atom is 0.417 e. The van der Waals surface area contributed by atoms with Gasteiger partial charge in [-0.25, -0.2) is 18.4 Å². The molecular weight excluding hydrogens is 314 g/mol. The predicted molar refractivity (Wildman–Crippen MR) is 74.9 cm³/mol. The number of fused-ring (bicyclic) bond motifs is 1. The Kier molecular flexibility index (Phi) is 3.11. The van der Waals surface area contributed by atoms with Gasteiger partial charge < -0.3 is 14.2 Å². The molecule has 1 amide bonds. The number of carbonyl (C=O) groups is 1. The minimum Gasteiger partial charge on any atom is -0.438 e. The molecule has 10 heteroatoms. The quantitative estimate of drug-likeness (QED) is 0.643. The summed E-state index contributed by atoms with van der Waals surface area (Å²) >= 11 is 0. The Morgan fingerprint density at radius 1 is 1.18 bits per heavy atom. The second kappa shape index (κ2) is 4.86. The van der Waals surface area contributed by atoms with Crippen molar-refractivity contribution in [2.75, 3.05) is 5.32 Å². The van der Waals surface area contributed by atoms with Crippen LogP contribution in [0.15, 0.2) is 49.1 Å². The fraction of sp³-hybridized carbons (Fsp3) is 0. The molecule has 0 spiro atoms. The van der Waals surface area contributed by atoms with Crippen molar-refractivity contribution in [3.63, 3.8) is 0 Å². The van der Waals surface area contributed by atoms with Gasteiger partial charge in [0.2, 0.25) is 5.09 Å². The van der Waals surface area contributed by atoms with Gasteiger partial charge in [0.05, 0.1) is 5.52 Å². The minimum absolute atomic E-state index is 0.218. The van der Waals surface area contributed by atoms with Crippen LogP contribution in [0.25, 0.3) is 11.1 Å². The van der Waals surface area contributed by atoms with Crippen LogP contribution in [0.3, 0.4) is 0 Å². The highest BCUT2D eigenvalue weighted by Crippen LogP contribution is 2.18. The zero-order chi connectivity index (χ0) is 15.9. The Hall–Kier alpha value is -2.85. The third kappa shape index (κ3) is 2.64. The van der Waals surface area contributed by atoms with E-state index < -0.39 is 26.8 Å². The Labute approximate surface area is 122 Å². The zero-order valence-electron chi connectivity index (χ0n) is 10.8. The minimum atomic E-state index is -4.01. The molecule has 1 aromatic carbocycles. The third-order valence-electron chi connectivity index (χ3n) is 2.76. The van der Waals surface area contributed by atoms with Crippen molar-refractivity contribution >= 4 is 32.7 Å². The van der Waals surface area contributed by atoms with E-state index in [4.69, 9.17) is 14.0 Å². The molecule has 0 bridgehead atoms. The summed E-state index contributed by atoms with van der Waals surface area (Å²) < 4.78 is 31.9. The third-order valence-corrected chi connectivity index (χ3v) is 3.54. The molecular formula is C12H9N3O6S. The molecule has 0 radical (unpaired) electrons. The lowest BCUT2D eigenvalue weighted by Crippen LogP contribution is -2.12. The number of primary sulfonamides is 1. The Balaban J connectivity index is 1.86. The maximum atomic E-state index is 12.0. The van der Waals surface area contributed by atoms with Gasteiger partial charge in [-0.15, -0.1) is 0 Å². The van der Waals surface area contributed by atoms with Crippen molar-refractivity contribution in [1.82, 2.24) is 4.98 Å². The summed E-state index contributed by atoms with van der Waals surface area (Å²) in [6.45, 7) is 0. The summed E-state index contributed by atoms with van der Waals surface area (Å²) in [5.74, 6) is -1.49. The highest BCUT2D eigenvalue weighted by atomic mass is 32.2. The van der Waals surface area contributed by atoms with Gasteiger partial charge in [0, 0.05) is 5.69 Å². The number of furan rings is 1. The average molecular weight is 323 g/mol. The van der Waals surface area contributed by atoms with E-state index in [9.17, 15) is 18.0 Å². The molecule has 22 heavy (non-hydrogen) atoms. The second-order valence-corrected chi connectivity index (χ2v) is 5.84. The number of H-pyrrole nitrogens is 1. The van der Waals surface area contributed by atoms with Crippen LogP contribution in [0, 0.1) is 0 Å². The van der Waals surface area contributed by atoms with Crippen LogP contribution in [0.5, 0.6) is 0 Å². The highest BCUT2D eigenvalue weighted by Gasteiger charge is 2.17. The van der Waals surface area contributed by atoms with Crippen LogP contribution in [-0.2, 0) is 10.0 Å². The first-order valence-corrected chi connectivity index (χ1v) is 7.44. The van der Waals surface area contributed by atoms with E-state index in [1.807, 2.05) is 0 Å². The first kappa shape index (κ1) is 14.1. The van der Waals surface area contributed by atoms with Gasteiger partial charge in [0.1, 0.15) is 0 Å². The predicted octanol–water partition coefficient (Wildman–Crippen LogP) is 0.614. The number of carbonyl (C=O) groups excluding carboxylic acids is 1. The molecule has 0 unspecified atom stereocenters. The maximum absolute atomic E-state index is 12.0. The summed E-state index contributed by atoms with van der Waals surface area (Å²) in [4.78, 5) is 25.5. The first-order valence-electron chi connectivity index (χ1n) is 5.90. The molecule has 0 saturated carbocycles. The number of nitrogens with one attached hydrogen (secondary N) is 2. The molecule has 0 saturated heterocycles. The summed E-state index contributed by atoms with van der Waals surface area (Å²) in [6.07, 6.45) is 0. The second-order valence-electron chi connectivity index (χ2n) is 4.34. The molecule has 2 heterocycles. The zero-order valence-corrected chi connectivity index (χ0v) is 11.6. The van der Waals surface area contributed by atoms with Crippen LogP contribution < -0.4 is 16.2 Å². The van der Waals surface area contributed by atoms with Gasteiger partial charge in [-0.2, -0.15) is 0 Å². The summed E-state index contributed by atoms with van der Waals surface area (Å²) in [7, 11) is -4.01. The standard InChI is InChI=1S/C12H9N3O6S/c13-22(18,19)10-4-3-9(20-10)11(16)14-6-1-2-8-7(5-6)15-12(17)21-8/h1-5H,(H,14,16)(H,15,17)(H2,13,18,19). The first-order chi connectivity index (χ1) is 10.3. The summed E-state index contributed by atoms with van der Waals surface area (Å²) in [5, 5.41) is 6.88. The number of hydrogen-bond acceptors (Lipinski definition) is 6. The van der Waals surface area contributed by atoms with Crippen LogP contribution >= 0.6 is 0 Å². The fourth-order valence-electron chi connectivity index (χ4n) is 1.82. The lowest BCUT2D eigenvalue weighted by Gasteiger charge is -2.02. The van der Waals surface area contributed by atoms with Crippen LogP contribution in [-0.4, -0.2) is 19.3 Å². The van der Waals surface area contributed by atoms with Crippen molar-refractivity contribution in [1.29, 1.82) is 0 Å². The van der Waals surface area contributed by atoms with Crippen LogP contribution in [0.1, 0.15) is 10.6 Å². The molecule has 3 aromatic rings. The Morgan fingerprint density at radius 2 is 1.95 bits per heavy atom. The molecule has 2 aromatic heterocycles. The van der Waals surface area contributed by atoms with E-state index >= 15 is 0 Å². The van der Waals surface area contributed by atoms with Crippen LogP contribution in [0.2, 0.25) is 0 Å². The summed E-state index contributed by atoms with van der Waals surface area (Å²) in [6, 6.07) is 6.78. The molecule has 0 atom stereocenters. The molecule has 0 aliphatic heterocycles. The molecule has 9 nitrogen and oxygen atoms in total. The Morgan fingerprint density at radius 3 is 2.64 bits per heavy atom. The van der Waals surface area contributed by atoms with Crippen molar-refractivity contribution < 1.29 is 22.0 Å². The molecule has 114 valence electrons. The summed E-state index contributed by atoms with van der Waals surface area (Å²) in [5.41, 5.74) is 1.12. The van der Waals surface area contributed by atoms with Gasteiger partial charge in [0.15, 0.2) is 11.3 Å². The van der Waals surface area contributed by atoms with E-state index in [0.29, 0.717) is 16.8 Å². The lowest BCUT2D eigenvalue weighted by molar-refractivity contribution is 0.0991. The van der Waals surface area contributed by atoms with E-state index in [2.05, 4.69) is 10.3 Å². The van der Waals surface area contributed by atoms with Gasteiger partial charge >= 0.3 is 5.76 Å². The highest BCUT2D eigenvalue weighted by molar-refractivity contribution is 7.89. The Bertz CT molecular complexity index is 1030. The smallest absolute Gasteiger partial charge is 0.417 e. The average Bonchev–Trinajstić information content (AvgIpc) is 3.02. The number of oxazole rings is 1. The van der Waals surface area contributed by atoms with E-state index in [1.165, 1.54) is 24.3 Å². The number of sulfonamides is 1. The number of anilines is 1. The number of benzene rings is 1. The van der Waals surface area contributed by atoms with Crippen molar-refractivity contribution in [3.05, 3.63) is 46.6 Å². The topological polar surface area (TPSA) is 148 Å². The molecule has 0 aliphatic carbocycles. The van der Waals surface area contributed by atoms with Crippen LogP contribution in [0.4, 0.5) is 5.69 Å². The largest absolute Gasteiger partial charge is 0.438 e. The van der Waals surface area contributed by atoms with Crippen molar-refractivity contribution in [2.45, 2.75) is 5.09 Å². The number of rotatable bonds is 3. The van der Waals surface area contributed by atoms with Gasteiger partial charge in [0.25, 0.3) is 15.9 Å². The number of aromatic nitrogens is 1. The normalized spacial score (nSPS) is 11.7. The molecule has 0 fully saturated rings. The molecule has 0 aliphatic rings. The molecule has 3 rings (SSSR count). The lowest BCUT2D eigenvalue weighted by atomic mass is 10.3. The monoisotopic (exact) mass is 323 g/mol. The van der Waals surface area contributed by atoms with Gasteiger partial charge in [-0.1, -0.05) is 0 Å². The van der Waals surface area contributed by atoms with E-state index in [-0.39, 0.29) is 5.76 Å². The fourth-order valence-corrected chi connectivity index (χ4v) is 2.28. The van der Waals surface area contributed by atoms with E-state index in [1.54, 1.807) is 0 Å². The number of nitrogens with two attached hydrogens (primary N) is 1. The van der Waals surface area contributed by atoms with Crippen molar-refractivity contribution in [3.8, 4) is 0 Å². The van der Waals surface area contributed by atoms with Crippen molar-refractivity contribution in [2.24, 2.45) is 5.14 Å². The van der Waals surface area contributed by atoms with E-state index in [0.717, 1.165) is 6.07 Å². The van der Waals surface area contributed by atoms with Gasteiger partial charge in [-0.05, 0) is 30.3 Å². The number of hydrogen-bond donors (Lipinski definition) is 3. The molecule has 4 N–H and O–H groups in total. The van der Waals surface area contributed by atoms with Gasteiger partial charge in [-0.3, -0.25) is 9.78 Å².